The molecule has 0 aliphatic heterocycles. The summed E-state index contributed by atoms with van der Waals surface area (Å²) >= 11 is 1.18. The summed E-state index contributed by atoms with van der Waals surface area (Å²) in [6.45, 7) is 9.07. The van der Waals surface area contributed by atoms with E-state index in [9.17, 15) is 14.4 Å². The van der Waals surface area contributed by atoms with Crippen molar-refractivity contribution in [3.8, 4) is 11.4 Å². The first-order chi connectivity index (χ1) is 15.0. The van der Waals surface area contributed by atoms with Crippen LogP contribution in [0.1, 0.15) is 43.6 Å². The molecule has 0 atom stereocenters. The van der Waals surface area contributed by atoms with E-state index in [4.69, 9.17) is 5.73 Å². The molecule has 170 valence electrons. The lowest BCUT2D eigenvalue weighted by Crippen LogP contribution is -2.41. The second kappa shape index (κ2) is 8.78. The number of carbonyl (C=O) groups excluding carboxylic acids is 1. The summed E-state index contributed by atoms with van der Waals surface area (Å²) in [4.78, 5) is 37.2. The van der Waals surface area contributed by atoms with Gasteiger partial charge in [-0.3, -0.25) is 18.7 Å². The summed E-state index contributed by atoms with van der Waals surface area (Å²) in [6.07, 6.45) is 0. The number of rotatable bonds is 6. The van der Waals surface area contributed by atoms with Gasteiger partial charge in [0, 0.05) is 26.2 Å². The minimum atomic E-state index is -0.701. The van der Waals surface area contributed by atoms with Crippen molar-refractivity contribution in [1.82, 2.24) is 23.9 Å². The number of benzene rings is 1. The van der Waals surface area contributed by atoms with E-state index in [1.54, 1.807) is 0 Å². The van der Waals surface area contributed by atoms with Gasteiger partial charge in [0.2, 0.25) is 0 Å². The minimum Gasteiger partial charge on any atom is -0.384 e. The van der Waals surface area contributed by atoms with E-state index >= 15 is 0 Å². The fraction of sp³-hybridized carbons (Fsp3) is 0.409. The normalized spacial score (nSPS) is 11.7. The molecule has 2 heterocycles. The number of ketones is 1. The number of anilines is 1. The molecule has 3 aromatic rings. The van der Waals surface area contributed by atoms with Crippen LogP contribution in [0.15, 0.2) is 39.0 Å². The molecule has 0 aliphatic rings. The first kappa shape index (κ1) is 23.5. The summed E-state index contributed by atoms with van der Waals surface area (Å²) in [5, 5.41) is 9.13. The number of hydrogen-bond acceptors (Lipinski definition) is 7. The maximum Gasteiger partial charge on any atom is 0.332 e. The Hall–Kier alpha value is -3.14. The predicted molar refractivity (Wildman–Crippen MR) is 126 cm³/mol. The monoisotopic (exact) mass is 456 g/mol. The van der Waals surface area contributed by atoms with Gasteiger partial charge in [-0.15, -0.1) is 10.2 Å². The predicted octanol–water partition coefficient (Wildman–Crippen LogP) is 2.22. The highest BCUT2D eigenvalue weighted by molar-refractivity contribution is 7.99. The standard InChI is InChI=1S/C22H28N6O3S/c1-7-28-18(13-8-10-14(11-9-13)22(2,3)4)24-25-20(28)32-12-15(29)16-17(23)26(5)21(31)27(6)19(16)30/h8-11H,7,12,23H2,1-6H3. The van der Waals surface area contributed by atoms with Crippen LogP contribution in [0, 0.1) is 0 Å². The number of thioether (sulfide) groups is 1. The molecule has 10 heteroatoms. The average molecular weight is 457 g/mol. The number of carbonyl (C=O) groups is 1. The highest BCUT2D eigenvalue weighted by atomic mass is 32.2. The molecule has 0 saturated carbocycles. The molecule has 0 unspecified atom stereocenters. The molecule has 0 aliphatic carbocycles. The minimum absolute atomic E-state index is 0.0537. The van der Waals surface area contributed by atoms with Crippen molar-refractivity contribution in [3.63, 3.8) is 0 Å². The van der Waals surface area contributed by atoms with Crippen LogP contribution in [0.3, 0.4) is 0 Å². The first-order valence-corrected chi connectivity index (χ1v) is 11.2. The Labute approximate surface area is 190 Å². The highest BCUT2D eigenvalue weighted by Crippen LogP contribution is 2.28. The second-order valence-electron chi connectivity index (χ2n) is 8.56. The number of nitrogens with zero attached hydrogens (tertiary/aromatic N) is 5. The van der Waals surface area contributed by atoms with Crippen molar-refractivity contribution in [2.45, 2.75) is 44.8 Å². The first-order valence-electron chi connectivity index (χ1n) is 10.2. The van der Waals surface area contributed by atoms with Crippen LogP contribution >= 0.6 is 11.8 Å². The third-order valence-electron chi connectivity index (χ3n) is 5.36. The number of Topliss-reactive ketones (excluding diaryl/α,β-unsaturated/α-hetero) is 1. The van der Waals surface area contributed by atoms with E-state index in [1.807, 2.05) is 23.6 Å². The Kier molecular flexibility index (Phi) is 6.45. The SMILES string of the molecule is CCn1c(SCC(=O)c2c(N)n(C)c(=O)n(C)c2=O)nnc1-c1ccc(C(C)(C)C)cc1. The molecule has 0 saturated heterocycles. The molecule has 3 rings (SSSR count). The van der Waals surface area contributed by atoms with E-state index in [1.165, 1.54) is 31.4 Å². The second-order valence-corrected chi connectivity index (χ2v) is 9.50. The molecular weight excluding hydrogens is 428 g/mol. The molecule has 32 heavy (non-hydrogen) atoms. The lowest BCUT2D eigenvalue weighted by molar-refractivity contribution is 0.102. The Balaban J connectivity index is 1.86. The quantitative estimate of drug-likeness (QED) is 0.446. The third kappa shape index (κ3) is 4.27. The van der Waals surface area contributed by atoms with Gasteiger partial charge in [-0.05, 0) is 17.9 Å². The lowest BCUT2D eigenvalue weighted by Gasteiger charge is -2.19. The van der Waals surface area contributed by atoms with Crippen LogP contribution in [0.2, 0.25) is 0 Å². The van der Waals surface area contributed by atoms with Crippen molar-refractivity contribution < 1.29 is 4.79 Å². The smallest absolute Gasteiger partial charge is 0.332 e. The van der Waals surface area contributed by atoms with Crippen LogP contribution < -0.4 is 17.0 Å². The fourth-order valence-electron chi connectivity index (χ4n) is 3.34. The van der Waals surface area contributed by atoms with Crippen molar-refractivity contribution in [1.29, 1.82) is 0 Å². The van der Waals surface area contributed by atoms with Gasteiger partial charge in [0.25, 0.3) is 5.56 Å². The van der Waals surface area contributed by atoms with Crippen LogP contribution in [0.4, 0.5) is 5.82 Å². The topological polar surface area (TPSA) is 118 Å². The van der Waals surface area contributed by atoms with Crippen molar-refractivity contribution in [2.75, 3.05) is 11.5 Å². The molecule has 0 fully saturated rings. The molecule has 1 aromatic carbocycles. The average Bonchev–Trinajstić information content (AvgIpc) is 3.17. The lowest BCUT2D eigenvalue weighted by atomic mass is 9.87. The maximum atomic E-state index is 12.8. The summed E-state index contributed by atoms with van der Waals surface area (Å²) < 4.78 is 3.89. The Morgan fingerprint density at radius 3 is 2.25 bits per heavy atom. The van der Waals surface area contributed by atoms with Gasteiger partial charge in [-0.25, -0.2) is 4.79 Å². The van der Waals surface area contributed by atoms with Gasteiger partial charge < -0.3 is 10.3 Å². The van der Waals surface area contributed by atoms with Gasteiger partial charge >= 0.3 is 5.69 Å². The third-order valence-corrected chi connectivity index (χ3v) is 6.33. The Morgan fingerprint density at radius 2 is 1.69 bits per heavy atom. The number of hydrogen-bond donors (Lipinski definition) is 1. The van der Waals surface area contributed by atoms with E-state index in [0.717, 1.165) is 14.7 Å². The van der Waals surface area contributed by atoms with E-state index in [-0.39, 0.29) is 22.5 Å². The zero-order valence-electron chi connectivity index (χ0n) is 19.2. The molecular formula is C22H28N6O3S. The zero-order valence-corrected chi connectivity index (χ0v) is 20.0. The van der Waals surface area contributed by atoms with E-state index < -0.39 is 17.0 Å². The summed E-state index contributed by atoms with van der Waals surface area (Å²) in [7, 11) is 2.74. The van der Waals surface area contributed by atoms with Gasteiger partial charge in [0.1, 0.15) is 11.4 Å². The van der Waals surface area contributed by atoms with Crippen molar-refractivity contribution in [2.24, 2.45) is 14.1 Å². The highest BCUT2D eigenvalue weighted by Gasteiger charge is 2.22. The van der Waals surface area contributed by atoms with Gasteiger partial charge in [0.05, 0.1) is 5.75 Å². The summed E-state index contributed by atoms with van der Waals surface area (Å²) in [5.74, 6) is 0.0461. The van der Waals surface area contributed by atoms with Crippen molar-refractivity contribution in [3.05, 3.63) is 56.2 Å². The number of nitrogen functional groups attached to an aromatic ring is 1. The van der Waals surface area contributed by atoms with Crippen molar-refractivity contribution >= 4 is 23.4 Å². The number of aromatic nitrogens is 5. The molecule has 9 nitrogen and oxygen atoms in total. The van der Waals surface area contributed by atoms with Crippen LogP contribution in [-0.4, -0.2) is 35.4 Å². The molecule has 0 spiro atoms. The van der Waals surface area contributed by atoms with E-state index in [2.05, 4.69) is 43.1 Å². The van der Waals surface area contributed by atoms with Crippen LogP contribution in [0.5, 0.6) is 0 Å². The molecule has 2 N–H and O–H groups in total. The zero-order chi connectivity index (χ0) is 23.8. The summed E-state index contributed by atoms with van der Waals surface area (Å²) in [6, 6.07) is 8.20. The van der Waals surface area contributed by atoms with Crippen LogP contribution in [-0.2, 0) is 26.1 Å². The number of nitrogens with two attached hydrogens (primary N) is 1. The van der Waals surface area contributed by atoms with Gasteiger partial charge in [-0.1, -0.05) is 56.8 Å². The van der Waals surface area contributed by atoms with Gasteiger partial charge in [-0.2, -0.15) is 0 Å². The fourth-order valence-corrected chi connectivity index (χ4v) is 4.21. The maximum absolute atomic E-state index is 12.8. The Bertz CT molecular complexity index is 1280. The van der Waals surface area contributed by atoms with Gasteiger partial charge in [0.15, 0.2) is 16.8 Å². The Morgan fingerprint density at radius 1 is 1.06 bits per heavy atom. The van der Waals surface area contributed by atoms with E-state index in [0.29, 0.717) is 17.5 Å². The summed E-state index contributed by atoms with van der Waals surface area (Å²) in [5.41, 5.74) is 6.62. The van der Waals surface area contributed by atoms with Crippen LogP contribution in [0.25, 0.3) is 11.4 Å². The largest absolute Gasteiger partial charge is 0.384 e. The molecule has 0 amide bonds. The molecule has 2 aromatic heterocycles. The molecule has 0 radical (unpaired) electrons. The molecule has 0 bridgehead atoms.